The number of aryl methyl sites for hydroxylation is 1. The molecule has 0 saturated carbocycles. The molecular weight excluding hydrogens is 374 g/mol. The van der Waals surface area contributed by atoms with Gasteiger partial charge in [0.05, 0.1) is 6.54 Å². The highest BCUT2D eigenvalue weighted by molar-refractivity contribution is 6.30. The van der Waals surface area contributed by atoms with Crippen LogP contribution in [-0.2, 0) is 11.3 Å². The molecule has 0 aliphatic carbocycles. The third kappa shape index (κ3) is 5.12. The van der Waals surface area contributed by atoms with E-state index in [1.165, 1.54) is 5.56 Å². The smallest absolute Gasteiger partial charge is 0.253 e. The minimum absolute atomic E-state index is 0.00912. The minimum Gasteiger partial charge on any atom is -0.340 e. The molecule has 6 heteroatoms. The zero-order valence-corrected chi connectivity index (χ0v) is 17.2. The van der Waals surface area contributed by atoms with E-state index in [2.05, 4.69) is 24.0 Å². The molecule has 1 fully saturated rings. The molecular formula is C22H26ClN3O2. The summed E-state index contributed by atoms with van der Waals surface area (Å²) in [6.07, 6.45) is 0. The van der Waals surface area contributed by atoms with Crippen LogP contribution in [0.25, 0.3) is 0 Å². The number of hydrogen-bond donors (Lipinski definition) is 0. The van der Waals surface area contributed by atoms with E-state index >= 15 is 0 Å². The van der Waals surface area contributed by atoms with Crippen molar-refractivity contribution in [1.82, 2.24) is 14.7 Å². The molecule has 1 saturated heterocycles. The van der Waals surface area contributed by atoms with Crippen LogP contribution in [0.5, 0.6) is 0 Å². The summed E-state index contributed by atoms with van der Waals surface area (Å²) in [5.74, 6) is 0.0861. The van der Waals surface area contributed by atoms with E-state index < -0.39 is 0 Å². The first-order valence-electron chi connectivity index (χ1n) is 9.49. The number of amides is 2. The number of halogens is 1. The van der Waals surface area contributed by atoms with Crippen LogP contribution < -0.4 is 0 Å². The van der Waals surface area contributed by atoms with Crippen LogP contribution in [0.1, 0.15) is 21.5 Å². The van der Waals surface area contributed by atoms with Crippen LogP contribution >= 0.6 is 11.6 Å². The molecule has 2 aromatic rings. The lowest BCUT2D eigenvalue weighted by Gasteiger charge is -2.35. The quantitative estimate of drug-likeness (QED) is 0.776. The highest BCUT2D eigenvalue weighted by atomic mass is 35.5. The lowest BCUT2D eigenvalue weighted by Crippen LogP contribution is -2.51. The van der Waals surface area contributed by atoms with Crippen molar-refractivity contribution in [2.24, 2.45) is 0 Å². The predicted molar refractivity (Wildman–Crippen MR) is 111 cm³/mol. The van der Waals surface area contributed by atoms with Crippen LogP contribution in [0.4, 0.5) is 0 Å². The summed E-state index contributed by atoms with van der Waals surface area (Å²) < 4.78 is 0. The van der Waals surface area contributed by atoms with Crippen LogP contribution in [0.3, 0.4) is 0 Å². The van der Waals surface area contributed by atoms with Gasteiger partial charge in [0.2, 0.25) is 5.91 Å². The largest absolute Gasteiger partial charge is 0.340 e. The second-order valence-electron chi connectivity index (χ2n) is 7.25. The molecule has 1 heterocycles. The molecule has 0 aromatic heterocycles. The summed E-state index contributed by atoms with van der Waals surface area (Å²) in [4.78, 5) is 30.9. The van der Waals surface area contributed by atoms with Crippen molar-refractivity contribution in [1.29, 1.82) is 0 Å². The molecule has 3 rings (SSSR count). The van der Waals surface area contributed by atoms with E-state index in [0.29, 0.717) is 49.9 Å². The first kappa shape index (κ1) is 20.4. The Bertz CT molecular complexity index is 847. The molecule has 0 radical (unpaired) electrons. The lowest BCUT2D eigenvalue weighted by molar-refractivity contribution is -0.132. The summed E-state index contributed by atoms with van der Waals surface area (Å²) in [5.41, 5.74) is 2.96. The Balaban J connectivity index is 1.49. The first-order chi connectivity index (χ1) is 13.4. The molecule has 28 heavy (non-hydrogen) atoms. The van der Waals surface area contributed by atoms with Crippen molar-refractivity contribution >= 4 is 23.4 Å². The van der Waals surface area contributed by atoms with E-state index in [4.69, 9.17) is 11.6 Å². The normalized spacial score (nSPS) is 14.8. The molecule has 0 N–H and O–H groups in total. The van der Waals surface area contributed by atoms with Crippen molar-refractivity contribution in [3.8, 4) is 0 Å². The molecule has 0 spiro atoms. The Hall–Kier alpha value is -2.37. The second-order valence-corrected chi connectivity index (χ2v) is 7.69. The van der Waals surface area contributed by atoms with E-state index in [0.717, 1.165) is 5.56 Å². The first-order valence-corrected chi connectivity index (χ1v) is 9.87. The van der Waals surface area contributed by atoms with Gasteiger partial charge in [-0.1, -0.05) is 41.9 Å². The number of carbonyl (C=O) groups excluding carboxylic acids is 2. The minimum atomic E-state index is -0.00912. The van der Waals surface area contributed by atoms with Crippen molar-refractivity contribution in [3.63, 3.8) is 0 Å². The average molecular weight is 400 g/mol. The van der Waals surface area contributed by atoms with E-state index in [1.807, 2.05) is 24.1 Å². The van der Waals surface area contributed by atoms with Gasteiger partial charge < -0.3 is 9.80 Å². The number of benzene rings is 2. The third-order valence-electron chi connectivity index (χ3n) is 5.18. The molecule has 0 atom stereocenters. The number of carbonyl (C=O) groups is 2. The van der Waals surface area contributed by atoms with E-state index in [9.17, 15) is 9.59 Å². The monoisotopic (exact) mass is 399 g/mol. The van der Waals surface area contributed by atoms with Gasteiger partial charge in [-0.15, -0.1) is 0 Å². The van der Waals surface area contributed by atoms with Crippen molar-refractivity contribution in [2.45, 2.75) is 13.5 Å². The van der Waals surface area contributed by atoms with Gasteiger partial charge in [-0.3, -0.25) is 14.5 Å². The third-order valence-corrected chi connectivity index (χ3v) is 5.42. The standard InChI is InChI=1S/C22H26ClN3O2/c1-17-6-3-4-7-19(17)15-24(2)21(27)16-25-10-12-26(13-11-25)22(28)18-8-5-9-20(23)14-18/h3-9,14H,10-13,15-16H2,1-2H3. The summed E-state index contributed by atoms with van der Waals surface area (Å²) in [6, 6.07) is 15.1. The SMILES string of the molecule is Cc1ccccc1CN(C)C(=O)CN1CCN(C(=O)c2cccc(Cl)c2)CC1. The number of rotatable bonds is 5. The number of piperazine rings is 1. The zero-order chi connectivity index (χ0) is 20.1. The number of nitrogens with zero attached hydrogens (tertiary/aromatic N) is 3. The molecule has 5 nitrogen and oxygen atoms in total. The topological polar surface area (TPSA) is 43.9 Å². The Morgan fingerprint density at radius 1 is 1.04 bits per heavy atom. The van der Waals surface area contributed by atoms with E-state index in [-0.39, 0.29) is 11.8 Å². The predicted octanol–water partition coefficient (Wildman–Crippen LogP) is 3.06. The fraction of sp³-hybridized carbons (Fsp3) is 0.364. The Morgan fingerprint density at radius 3 is 2.43 bits per heavy atom. The summed E-state index contributed by atoms with van der Waals surface area (Å²) in [6.45, 7) is 5.65. The molecule has 1 aliphatic heterocycles. The molecule has 2 aromatic carbocycles. The van der Waals surface area contributed by atoms with Crippen LogP contribution in [0.2, 0.25) is 5.02 Å². The van der Waals surface area contributed by atoms with Gasteiger partial charge in [0.25, 0.3) is 5.91 Å². The summed E-state index contributed by atoms with van der Waals surface area (Å²) in [5, 5.41) is 0.562. The molecule has 0 unspecified atom stereocenters. The van der Waals surface area contributed by atoms with Gasteiger partial charge in [-0.25, -0.2) is 0 Å². The van der Waals surface area contributed by atoms with Gasteiger partial charge in [-0.05, 0) is 36.2 Å². The van der Waals surface area contributed by atoms with Crippen LogP contribution in [0, 0.1) is 6.92 Å². The molecule has 148 valence electrons. The Kier molecular flexibility index (Phi) is 6.70. The molecule has 1 aliphatic rings. The van der Waals surface area contributed by atoms with Gasteiger partial charge >= 0.3 is 0 Å². The van der Waals surface area contributed by atoms with Gasteiger partial charge in [0.15, 0.2) is 0 Å². The van der Waals surface area contributed by atoms with Crippen LogP contribution in [0.15, 0.2) is 48.5 Å². The van der Waals surface area contributed by atoms with Gasteiger partial charge in [0.1, 0.15) is 0 Å². The number of likely N-dealkylation sites (N-methyl/N-ethyl adjacent to an activating group) is 1. The fourth-order valence-electron chi connectivity index (χ4n) is 3.36. The zero-order valence-electron chi connectivity index (χ0n) is 16.4. The Labute approximate surface area is 171 Å². The van der Waals surface area contributed by atoms with Crippen LogP contribution in [-0.4, -0.2) is 66.3 Å². The van der Waals surface area contributed by atoms with Crippen molar-refractivity contribution in [2.75, 3.05) is 39.8 Å². The maximum absolute atomic E-state index is 12.6. The molecule has 2 amide bonds. The maximum Gasteiger partial charge on any atom is 0.253 e. The lowest BCUT2D eigenvalue weighted by atomic mass is 10.1. The van der Waals surface area contributed by atoms with E-state index in [1.54, 1.807) is 29.2 Å². The highest BCUT2D eigenvalue weighted by Gasteiger charge is 2.24. The fourth-order valence-corrected chi connectivity index (χ4v) is 3.55. The molecule has 0 bridgehead atoms. The van der Waals surface area contributed by atoms with Crippen molar-refractivity contribution in [3.05, 3.63) is 70.2 Å². The van der Waals surface area contributed by atoms with Gasteiger partial charge in [-0.2, -0.15) is 0 Å². The average Bonchev–Trinajstić information content (AvgIpc) is 2.69. The number of hydrogen-bond acceptors (Lipinski definition) is 3. The maximum atomic E-state index is 12.6. The summed E-state index contributed by atoms with van der Waals surface area (Å²) >= 11 is 5.98. The Morgan fingerprint density at radius 2 is 1.75 bits per heavy atom. The summed E-state index contributed by atoms with van der Waals surface area (Å²) in [7, 11) is 1.84. The van der Waals surface area contributed by atoms with Crippen molar-refractivity contribution < 1.29 is 9.59 Å². The highest BCUT2D eigenvalue weighted by Crippen LogP contribution is 2.15. The second kappa shape index (κ2) is 9.22. The van der Waals surface area contributed by atoms with Gasteiger partial charge in [0, 0.05) is 50.4 Å².